The van der Waals surface area contributed by atoms with Crippen molar-refractivity contribution in [3.05, 3.63) is 53.6 Å². The normalized spacial score (nSPS) is 15.6. The molecule has 2 aromatic carbocycles. The highest BCUT2D eigenvalue weighted by molar-refractivity contribution is 7.89. The number of aryl methyl sites for hydroxylation is 1. The lowest BCUT2D eigenvalue weighted by Crippen LogP contribution is -2.35. The Morgan fingerprint density at radius 3 is 2.50 bits per heavy atom. The summed E-state index contributed by atoms with van der Waals surface area (Å²) in [7, 11) is -3.60. The van der Waals surface area contributed by atoms with Crippen LogP contribution in [0.15, 0.2) is 47.4 Å². The van der Waals surface area contributed by atoms with Crippen LogP contribution in [0.25, 0.3) is 0 Å². The fraction of sp³-hybridized carbons (Fsp3) is 0.316. The standard InChI is InChI=1S/C19H22N2O4S/c1-14-8-9-17(26(24,25)21-10-3-2-4-11-21)13-18(14)19(23)20-15-6-5-7-16(22)12-15/h5-9,12-13,22H,2-4,10-11H2,1H3,(H,20,23). The number of rotatable bonds is 4. The van der Waals surface area contributed by atoms with Gasteiger partial charge in [-0.2, -0.15) is 4.31 Å². The summed E-state index contributed by atoms with van der Waals surface area (Å²) in [6, 6.07) is 10.8. The van der Waals surface area contributed by atoms with Gasteiger partial charge in [0.2, 0.25) is 10.0 Å². The summed E-state index contributed by atoms with van der Waals surface area (Å²) in [5.41, 5.74) is 1.42. The molecule has 7 heteroatoms. The minimum absolute atomic E-state index is 0.0425. The van der Waals surface area contributed by atoms with Crippen LogP contribution < -0.4 is 5.32 Å². The largest absolute Gasteiger partial charge is 0.508 e. The number of nitrogens with one attached hydrogen (secondary N) is 1. The SMILES string of the molecule is Cc1ccc(S(=O)(=O)N2CCCCC2)cc1C(=O)Nc1cccc(O)c1. The van der Waals surface area contributed by atoms with Gasteiger partial charge in [-0.15, -0.1) is 0 Å². The molecule has 0 unspecified atom stereocenters. The van der Waals surface area contributed by atoms with Gasteiger partial charge in [-0.1, -0.05) is 18.6 Å². The van der Waals surface area contributed by atoms with Crippen LogP contribution in [0.5, 0.6) is 5.75 Å². The molecule has 2 aromatic rings. The predicted molar refractivity (Wildman–Crippen MR) is 99.8 cm³/mol. The van der Waals surface area contributed by atoms with Crippen molar-refractivity contribution in [1.29, 1.82) is 0 Å². The number of sulfonamides is 1. The minimum atomic E-state index is -3.60. The number of phenols is 1. The molecule has 0 saturated carbocycles. The number of carbonyl (C=O) groups is 1. The van der Waals surface area contributed by atoms with E-state index in [0.717, 1.165) is 19.3 Å². The number of benzene rings is 2. The maximum Gasteiger partial charge on any atom is 0.255 e. The van der Waals surface area contributed by atoms with E-state index in [9.17, 15) is 18.3 Å². The quantitative estimate of drug-likeness (QED) is 0.861. The topological polar surface area (TPSA) is 86.7 Å². The zero-order valence-electron chi connectivity index (χ0n) is 14.6. The first kappa shape index (κ1) is 18.4. The summed E-state index contributed by atoms with van der Waals surface area (Å²) in [4.78, 5) is 12.7. The van der Waals surface area contributed by atoms with Crippen LogP contribution in [0.2, 0.25) is 0 Å². The van der Waals surface area contributed by atoms with E-state index in [1.165, 1.54) is 22.5 Å². The first-order chi connectivity index (χ1) is 12.4. The number of phenolic OH excluding ortho intramolecular Hbond substituents is 1. The third kappa shape index (κ3) is 3.89. The minimum Gasteiger partial charge on any atom is -0.508 e. The molecule has 2 N–H and O–H groups in total. The Balaban J connectivity index is 1.88. The Morgan fingerprint density at radius 1 is 1.08 bits per heavy atom. The van der Waals surface area contributed by atoms with Gasteiger partial charge in [0, 0.05) is 30.4 Å². The molecule has 0 bridgehead atoms. The molecule has 1 fully saturated rings. The summed E-state index contributed by atoms with van der Waals surface area (Å²) < 4.78 is 27.2. The molecule has 1 aliphatic heterocycles. The van der Waals surface area contributed by atoms with E-state index < -0.39 is 15.9 Å². The lowest BCUT2D eigenvalue weighted by molar-refractivity contribution is 0.102. The van der Waals surface area contributed by atoms with Gasteiger partial charge >= 0.3 is 0 Å². The van der Waals surface area contributed by atoms with E-state index in [2.05, 4.69) is 5.32 Å². The molecule has 3 rings (SSSR count). The molecule has 0 radical (unpaired) electrons. The monoisotopic (exact) mass is 374 g/mol. The average Bonchev–Trinajstić information content (AvgIpc) is 2.62. The molecule has 138 valence electrons. The van der Waals surface area contributed by atoms with Crippen molar-refractivity contribution in [2.45, 2.75) is 31.1 Å². The summed E-state index contributed by atoms with van der Waals surface area (Å²) in [6.45, 7) is 2.79. The van der Waals surface area contributed by atoms with Crippen molar-refractivity contribution in [3.63, 3.8) is 0 Å². The zero-order valence-corrected chi connectivity index (χ0v) is 15.4. The predicted octanol–water partition coefficient (Wildman–Crippen LogP) is 3.13. The molecule has 6 nitrogen and oxygen atoms in total. The molecular formula is C19H22N2O4S. The smallest absolute Gasteiger partial charge is 0.255 e. The number of amides is 1. The maximum absolute atomic E-state index is 12.8. The number of nitrogens with zero attached hydrogens (tertiary/aromatic N) is 1. The van der Waals surface area contributed by atoms with Crippen LogP contribution in [0.1, 0.15) is 35.2 Å². The van der Waals surface area contributed by atoms with Crippen LogP contribution in [0.4, 0.5) is 5.69 Å². The van der Waals surface area contributed by atoms with Crippen molar-refractivity contribution >= 4 is 21.6 Å². The number of carbonyl (C=O) groups excluding carboxylic acids is 1. The molecule has 1 heterocycles. The second-order valence-electron chi connectivity index (χ2n) is 6.45. The molecule has 26 heavy (non-hydrogen) atoms. The summed E-state index contributed by atoms with van der Waals surface area (Å²) in [5, 5.41) is 12.2. The Kier molecular flexibility index (Phi) is 5.29. The first-order valence-electron chi connectivity index (χ1n) is 8.59. The van der Waals surface area contributed by atoms with Gasteiger partial charge in [-0.3, -0.25) is 4.79 Å². The van der Waals surface area contributed by atoms with E-state index in [1.54, 1.807) is 31.2 Å². The molecule has 0 aromatic heterocycles. The van der Waals surface area contributed by atoms with Crippen molar-refractivity contribution < 1.29 is 18.3 Å². The highest BCUT2D eigenvalue weighted by atomic mass is 32.2. The third-order valence-corrected chi connectivity index (χ3v) is 6.41. The van der Waals surface area contributed by atoms with Crippen molar-refractivity contribution in [3.8, 4) is 5.75 Å². The molecule has 1 saturated heterocycles. The fourth-order valence-electron chi connectivity index (χ4n) is 3.04. The van der Waals surface area contributed by atoms with Crippen molar-refractivity contribution in [1.82, 2.24) is 4.31 Å². The van der Waals surface area contributed by atoms with Crippen LogP contribution in [-0.2, 0) is 10.0 Å². The zero-order chi connectivity index (χ0) is 18.7. The molecule has 0 spiro atoms. The first-order valence-corrected chi connectivity index (χ1v) is 10.0. The van der Waals surface area contributed by atoms with Gasteiger partial charge in [0.15, 0.2) is 0 Å². The molecule has 0 aliphatic carbocycles. The van der Waals surface area contributed by atoms with Gasteiger partial charge < -0.3 is 10.4 Å². The van der Waals surface area contributed by atoms with Crippen LogP contribution in [0, 0.1) is 6.92 Å². The second-order valence-corrected chi connectivity index (χ2v) is 8.38. The maximum atomic E-state index is 12.8. The van der Waals surface area contributed by atoms with Gasteiger partial charge in [-0.25, -0.2) is 8.42 Å². The summed E-state index contributed by atoms with van der Waals surface area (Å²) in [6.07, 6.45) is 2.75. The van der Waals surface area contributed by atoms with Gasteiger partial charge in [-0.05, 0) is 49.6 Å². The van der Waals surface area contributed by atoms with Crippen molar-refractivity contribution in [2.24, 2.45) is 0 Å². The second kappa shape index (κ2) is 7.47. The lowest BCUT2D eigenvalue weighted by atomic mass is 10.1. The molecule has 0 atom stereocenters. The lowest BCUT2D eigenvalue weighted by Gasteiger charge is -2.26. The van der Waals surface area contributed by atoms with Gasteiger partial charge in [0.1, 0.15) is 5.75 Å². The van der Waals surface area contributed by atoms with Crippen LogP contribution >= 0.6 is 0 Å². The van der Waals surface area contributed by atoms with E-state index in [4.69, 9.17) is 0 Å². The molecule has 1 amide bonds. The number of piperidine rings is 1. The average molecular weight is 374 g/mol. The van der Waals surface area contributed by atoms with Gasteiger partial charge in [0.25, 0.3) is 5.91 Å². The summed E-state index contributed by atoms with van der Waals surface area (Å²) in [5.74, 6) is -0.371. The van der Waals surface area contributed by atoms with E-state index in [1.807, 2.05) is 0 Å². The third-order valence-electron chi connectivity index (χ3n) is 4.51. The van der Waals surface area contributed by atoms with E-state index in [-0.39, 0.29) is 10.6 Å². The molecular weight excluding hydrogens is 352 g/mol. The van der Waals surface area contributed by atoms with Crippen molar-refractivity contribution in [2.75, 3.05) is 18.4 Å². The molecule has 1 aliphatic rings. The highest BCUT2D eigenvalue weighted by Gasteiger charge is 2.27. The van der Waals surface area contributed by atoms with E-state index >= 15 is 0 Å². The number of anilines is 1. The number of aromatic hydroxyl groups is 1. The Bertz CT molecular complexity index is 919. The number of hydrogen-bond acceptors (Lipinski definition) is 4. The van der Waals surface area contributed by atoms with Crippen LogP contribution in [0.3, 0.4) is 0 Å². The fourth-order valence-corrected chi connectivity index (χ4v) is 4.59. The van der Waals surface area contributed by atoms with E-state index in [0.29, 0.717) is 29.9 Å². The Hall–Kier alpha value is -2.38. The van der Waals surface area contributed by atoms with Crippen LogP contribution in [-0.4, -0.2) is 36.8 Å². The number of hydrogen-bond donors (Lipinski definition) is 2. The van der Waals surface area contributed by atoms with Gasteiger partial charge in [0.05, 0.1) is 4.90 Å². The summed E-state index contributed by atoms with van der Waals surface area (Å²) >= 11 is 0. The highest BCUT2D eigenvalue weighted by Crippen LogP contribution is 2.24. The Labute approximate surface area is 153 Å². The Morgan fingerprint density at radius 2 is 1.81 bits per heavy atom.